The van der Waals surface area contributed by atoms with Crippen molar-refractivity contribution in [3.8, 4) is 5.69 Å². The zero-order chi connectivity index (χ0) is 14.8. The molecule has 0 atom stereocenters. The molecule has 0 aliphatic rings. The molecule has 0 amide bonds. The van der Waals surface area contributed by atoms with Gasteiger partial charge in [-0.05, 0) is 29.8 Å². The zero-order valence-corrected chi connectivity index (χ0v) is 13.2. The van der Waals surface area contributed by atoms with E-state index in [0.717, 1.165) is 21.3 Å². The first-order valence-corrected chi connectivity index (χ1v) is 8.61. The highest BCUT2D eigenvalue weighted by Gasteiger charge is 2.04. The lowest BCUT2D eigenvalue weighted by molar-refractivity contribution is 0.878. The maximum absolute atomic E-state index is 4.65. The monoisotopic (exact) mass is 324 g/mol. The molecule has 4 aromatic rings. The number of para-hydroxylation sites is 1. The molecule has 6 heteroatoms. The van der Waals surface area contributed by atoms with E-state index in [1.165, 1.54) is 16.6 Å². The molecule has 2 heterocycles. The molecule has 4 nitrogen and oxygen atoms in total. The average Bonchev–Trinajstić information content (AvgIpc) is 3.22. The Morgan fingerprint density at radius 2 is 1.91 bits per heavy atom. The van der Waals surface area contributed by atoms with Crippen molar-refractivity contribution in [2.24, 2.45) is 0 Å². The zero-order valence-electron chi connectivity index (χ0n) is 11.6. The Morgan fingerprint density at radius 3 is 2.68 bits per heavy atom. The number of hydrogen-bond donors (Lipinski definition) is 0. The van der Waals surface area contributed by atoms with E-state index in [9.17, 15) is 0 Å². The Balaban J connectivity index is 1.47. The molecule has 0 saturated heterocycles. The van der Waals surface area contributed by atoms with E-state index in [1.54, 1.807) is 34.1 Å². The Bertz CT molecular complexity index is 849. The van der Waals surface area contributed by atoms with Gasteiger partial charge < -0.3 is 0 Å². The highest BCUT2D eigenvalue weighted by atomic mass is 32.2. The van der Waals surface area contributed by atoms with Crippen LogP contribution in [0.15, 0.2) is 65.5 Å². The normalized spacial score (nSPS) is 11.1. The second kappa shape index (κ2) is 5.90. The van der Waals surface area contributed by atoms with Gasteiger partial charge in [-0.1, -0.05) is 36.0 Å². The standard InChI is InChI=1S/C16H12N4S2/c1-2-4-15-14(3-1)19-16(22-15)21-9-12-5-7-13(8-6-12)20-11-17-10-18-20/h1-8,10-11H,9H2. The second-order valence-corrected chi connectivity index (χ2v) is 7.00. The summed E-state index contributed by atoms with van der Waals surface area (Å²) in [5.74, 6) is 0.914. The van der Waals surface area contributed by atoms with Crippen LogP contribution < -0.4 is 0 Å². The quantitative estimate of drug-likeness (QED) is 0.529. The van der Waals surface area contributed by atoms with Crippen LogP contribution in [0, 0.1) is 0 Å². The van der Waals surface area contributed by atoms with Gasteiger partial charge in [0, 0.05) is 5.75 Å². The van der Waals surface area contributed by atoms with Crippen molar-refractivity contribution in [3.05, 3.63) is 66.7 Å². The van der Waals surface area contributed by atoms with E-state index in [0.29, 0.717) is 0 Å². The van der Waals surface area contributed by atoms with Crippen LogP contribution in [0.3, 0.4) is 0 Å². The van der Waals surface area contributed by atoms with Crippen LogP contribution in [0.25, 0.3) is 15.9 Å². The van der Waals surface area contributed by atoms with Crippen LogP contribution in [0.1, 0.15) is 5.56 Å². The summed E-state index contributed by atoms with van der Waals surface area (Å²) in [6, 6.07) is 16.6. The summed E-state index contributed by atoms with van der Waals surface area (Å²) in [7, 11) is 0. The molecule has 0 saturated carbocycles. The first kappa shape index (κ1) is 13.5. The Hall–Kier alpha value is -2.18. The van der Waals surface area contributed by atoms with Crippen molar-refractivity contribution < 1.29 is 0 Å². The van der Waals surface area contributed by atoms with Gasteiger partial charge in [0.15, 0.2) is 4.34 Å². The summed E-state index contributed by atoms with van der Waals surface area (Å²) in [5.41, 5.74) is 3.37. The number of aromatic nitrogens is 4. The van der Waals surface area contributed by atoms with E-state index in [-0.39, 0.29) is 0 Å². The third-order valence-electron chi connectivity index (χ3n) is 3.26. The Labute approximate surface area is 135 Å². The lowest BCUT2D eigenvalue weighted by Gasteiger charge is -2.02. The van der Waals surface area contributed by atoms with Gasteiger partial charge >= 0.3 is 0 Å². The summed E-state index contributed by atoms with van der Waals surface area (Å²) in [4.78, 5) is 8.60. The minimum absolute atomic E-state index is 0.914. The lowest BCUT2D eigenvalue weighted by Crippen LogP contribution is -1.94. The van der Waals surface area contributed by atoms with Crippen LogP contribution >= 0.6 is 23.1 Å². The van der Waals surface area contributed by atoms with Gasteiger partial charge in [-0.25, -0.2) is 14.6 Å². The molecular formula is C16H12N4S2. The maximum Gasteiger partial charge on any atom is 0.151 e. The molecule has 0 aliphatic heterocycles. The Kier molecular flexibility index (Phi) is 3.62. The topological polar surface area (TPSA) is 43.6 Å². The number of hydrogen-bond acceptors (Lipinski definition) is 5. The van der Waals surface area contributed by atoms with Crippen molar-refractivity contribution in [1.82, 2.24) is 19.7 Å². The van der Waals surface area contributed by atoms with E-state index in [4.69, 9.17) is 0 Å². The SMILES string of the molecule is c1ccc2sc(SCc3ccc(-n4cncn4)cc3)nc2c1. The van der Waals surface area contributed by atoms with Crippen molar-refractivity contribution in [1.29, 1.82) is 0 Å². The molecule has 108 valence electrons. The number of nitrogens with zero attached hydrogens (tertiary/aromatic N) is 4. The predicted octanol–water partition coefficient (Wildman–Crippen LogP) is 4.17. The highest BCUT2D eigenvalue weighted by Crippen LogP contribution is 2.31. The number of thiazole rings is 1. The van der Waals surface area contributed by atoms with Crippen LogP contribution in [-0.2, 0) is 5.75 Å². The summed E-state index contributed by atoms with van der Waals surface area (Å²) < 4.78 is 4.11. The fraction of sp³-hybridized carbons (Fsp3) is 0.0625. The number of thioether (sulfide) groups is 1. The summed E-state index contributed by atoms with van der Waals surface area (Å²) >= 11 is 3.52. The van der Waals surface area contributed by atoms with Gasteiger partial charge in [-0.3, -0.25) is 0 Å². The third kappa shape index (κ3) is 2.75. The van der Waals surface area contributed by atoms with Crippen LogP contribution in [-0.4, -0.2) is 19.7 Å². The molecule has 0 fully saturated rings. The molecule has 0 bridgehead atoms. The van der Waals surface area contributed by atoms with Crippen LogP contribution in [0.2, 0.25) is 0 Å². The maximum atomic E-state index is 4.65. The lowest BCUT2D eigenvalue weighted by atomic mass is 10.2. The smallest absolute Gasteiger partial charge is 0.151 e. The first-order chi connectivity index (χ1) is 10.9. The molecule has 0 radical (unpaired) electrons. The molecule has 0 spiro atoms. The van der Waals surface area contributed by atoms with Crippen molar-refractivity contribution in [2.75, 3.05) is 0 Å². The van der Waals surface area contributed by atoms with Gasteiger partial charge in [0.2, 0.25) is 0 Å². The van der Waals surface area contributed by atoms with Gasteiger partial charge in [0.25, 0.3) is 0 Å². The fourth-order valence-corrected chi connectivity index (χ4v) is 4.17. The van der Waals surface area contributed by atoms with Crippen LogP contribution in [0.5, 0.6) is 0 Å². The number of benzene rings is 2. The number of fused-ring (bicyclic) bond motifs is 1. The summed E-state index contributed by atoms with van der Waals surface area (Å²) in [6.07, 6.45) is 3.24. The molecule has 4 rings (SSSR count). The minimum atomic E-state index is 0.914. The van der Waals surface area contributed by atoms with Crippen molar-refractivity contribution in [3.63, 3.8) is 0 Å². The Morgan fingerprint density at radius 1 is 1.05 bits per heavy atom. The van der Waals surface area contributed by atoms with Gasteiger partial charge in [0.05, 0.1) is 15.9 Å². The van der Waals surface area contributed by atoms with Gasteiger partial charge in [0.1, 0.15) is 12.7 Å². The molecular weight excluding hydrogens is 312 g/mol. The van der Waals surface area contributed by atoms with E-state index in [1.807, 2.05) is 6.07 Å². The predicted molar refractivity (Wildman–Crippen MR) is 90.5 cm³/mol. The molecule has 0 N–H and O–H groups in total. The largest absolute Gasteiger partial charge is 0.230 e. The van der Waals surface area contributed by atoms with Crippen molar-refractivity contribution >= 4 is 33.3 Å². The molecule has 2 aromatic carbocycles. The average molecular weight is 324 g/mol. The molecule has 0 unspecified atom stereocenters. The number of rotatable bonds is 4. The van der Waals surface area contributed by atoms with Gasteiger partial charge in [-0.15, -0.1) is 11.3 Å². The second-order valence-electron chi connectivity index (χ2n) is 4.74. The third-order valence-corrected chi connectivity index (χ3v) is 5.51. The molecule has 2 aromatic heterocycles. The van der Waals surface area contributed by atoms with Crippen molar-refractivity contribution in [2.45, 2.75) is 10.1 Å². The van der Waals surface area contributed by atoms with Gasteiger partial charge in [-0.2, -0.15) is 5.10 Å². The van der Waals surface area contributed by atoms with Crippen LogP contribution in [0.4, 0.5) is 0 Å². The summed E-state index contributed by atoms with van der Waals surface area (Å²) in [5, 5.41) is 4.13. The summed E-state index contributed by atoms with van der Waals surface area (Å²) in [6.45, 7) is 0. The first-order valence-electron chi connectivity index (χ1n) is 6.81. The minimum Gasteiger partial charge on any atom is -0.230 e. The van der Waals surface area contributed by atoms with E-state index < -0.39 is 0 Å². The fourth-order valence-electron chi connectivity index (χ4n) is 2.14. The van der Waals surface area contributed by atoms with E-state index in [2.05, 4.69) is 57.5 Å². The molecule has 22 heavy (non-hydrogen) atoms. The molecule has 0 aliphatic carbocycles. The van der Waals surface area contributed by atoms with E-state index >= 15 is 0 Å². The highest BCUT2D eigenvalue weighted by molar-refractivity contribution is 8.00.